The smallest absolute Gasteiger partial charge is 0.417 e. The molecule has 0 bridgehead atoms. The minimum atomic E-state index is -4.57. The number of pyridine rings is 2. The Morgan fingerprint density at radius 2 is 1.95 bits per heavy atom. The molecule has 206 valence electrons. The van der Waals surface area contributed by atoms with Crippen LogP contribution in [0.5, 0.6) is 5.88 Å². The third kappa shape index (κ3) is 5.68. The number of rotatable bonds is 7. The summed E-state index contributed by atoms with van der Waals surface area (Å²) < 4.78 is 54.9. The van der Waals surface area contributed by atoms with Crippen molar-refractivity contribution in [2.24, 2.45) is 0 Å². The zero-order chi connectivity index (χ0) is 26.9. The summed E-state index contributed by atoms with van der Waals surface area (Å²) in [7, 11) is 1.42. The molecule has 0 radical (unpaired) electrons. The normalized spacial score (nSPS) is 15.1. The summed E-state index contributed by atoms with van der Waals surface area (Å²) in [6, 6.07) is 6.74. The van der Waals surface area contributed by atoms with Crippen LogP contribution in [0.1, 0.15) is 47.5 Å². The van der Waals surface area contributed by atoms with Crippen molar-refractivity contribution in [1.29, 1.82) is 5.26 Å². The first-order valence-corrected chi connectivity index (χ1v) is 12.0. The van der Waals surface area contributed by atoms with Crippen LogP contribution in [-0.4, -0.2) is 56.2 Å². The van der Waals surface area contributed by atoms with E-state index in [1.807, 2.05) is 11.6 Å². The van der Waals surface area contributed by atoms with Crippen LogP contribution in [-0.2, 0) is 10.9 Å². The summed E-state index contributed by atoms with van der Waals surface area (Å²) in [5.74, 6) is 0.196. The minimum Gasteiger partial charge on any atom is -0.468 e. The number of fused-ring (bicyclic) bond motifs is 1. The molecule has 0 aliphatic carbocycles. The fourth-order valence-corrected chi connectivity index (χ4v) is 4.67. The van der Waals surface area contributed by atoms with E-state index in [4.69, 9.17) is 9.47 Å². The quantitative estimate of drug-likeness (QED) is 0.354. The van der Waals surface area contributed by atoms with Gasteiger partial charge in [-0.15, -0.1) is 17.5 Å². The van der Waals surface area contributed by atoms with Gasteiger partial charge in [0.05, 0.1) is 30.1 Å². The Morgan fingerprint density at radius 3 is 2.64 bits per heavy atom. The molecule has 10 nitrogen and oxygen atoms in total. The maximum Gasteiger partial charge on any atom is 0.417 e. The van der Waals surface area contributed by atoms with Crippen molar-refractivity contribution in [2.45, 2.75) is 38.1 Å². The van der Waals surface area contributed by atoms with E-state index in [0.29, 0.717) is 16.9 Å². The van der Waals surface area contributed by atoms with E-state index >= 15 is 0 Å². The molecule has 14 heteroatoms. The highest BCUT2D eigenvalue weighted by atomic mass is 35.5. The van der Waals surface area contributed by atoms with Crippen molar-refractivity contribution in [3.8, 4) is 23.2 Å². The van der Waals surface area contributed by atoms with Gasteiger partial charge in [-0.2, -0.15) is 18.4 Å². The van der Waals surface area contributed by atoms with Gasteiger partial charge in [0, 0.05) is 36.7 Å². The van der Waals surface area contributed by atoms with E-state index in [1.165, 1.54) is 23.9 Å². The lowest BCUT2D eigenvalue weighted by atomic mass is 10.1. The summed E-state index contributed by atoms with van der Waals surface area (Å²) in [5, 5.41) is 21.8. The number of alkyl halides is 3. The van der Waals surface area contributed by atoms with Crippen molar-refractivity contribution in [3.05, 3.63) is 59.3 Å². The topological polar surface area (TPSA) is 115 Å². The molecular weight excluding hydrogens is 537 g/mol. The second kappa shape index (κ2) is 11.6. The molecule has 1 aliphatic rings. The van der Waals surface area contributed by atoms with Gasteiger partial charge >= 0.3 is 6.18 Å². The Hall–Kier alpha value is -3.73. The van der Waals surface area contributed by atoms with Gasteiger partial charge < -0.3 is 14.8 Å². The summed E-state index contributed by atoms with van der Waals surface area (Å²) in [4.78, 5) is 8.09. The summed E-state index contributed by atoms with van der Waals surface area (Å²) >= 11 is 0. The van der Waals surface area contributed by atoms with Crippen LogP contribution in [0.15, 0.2) is 36.8 Å². The van der Waals surface area contributed by atoms with Crippen LogP contribution in [0.4, 0.5) is 13.2 Å². The Kier molecular flexibility index (Phi) is 8.39. The second-order valence-electron chi connectivity index (χ2n) is 9.05. The first-order chi connectivity index (χ1) is 18.3. The Morgan fingerprint density at radius 1 is 1.18 bits per heavy atom. The number of piperidine rings is 1. The molecule has 5 rings (SSSR count). The molecule has 0 amide bonds. The second-order valence-corrected chi connectivity index (χ2v) is 9.05. The Labute approximate surface area is 228 Å². The molecule has 1 atom stereocenters. The zero-order valence-electron chi connectivity index (χ0n) is 21.1. The van der Waals surface area contributed by atoms with Gasteiger partial charge in [0.25, 0.3) is 0 Å². The molecule has 1 N–H and O–H groups in total. The molecule has 1 aliphatic heterocycles. The molecule has 39 heavy (non-hydrogen) atoms. The fourth-order valence-electron chi connectivity index (χ4n) is 4.67. The van der Waals surface area contributed by atoms with Gasteiger partial charge in [-0.05, 0) is 45.0 Å². The number of halogens is 4. The molecular formula is C25H26ClF3N8O2. The molecule has 1 saturated heterocycles. The van der Waals surface area contributed by atoms with Crippen LogP contribution < -0.4 is 10.1 Å². The van der Waals surface area contributed by atoms with E-state index in [-0.39, 0.29) is 42.2 Å². The van der Waals surface area contributed by atoms with E-state index in [1.54, 1.807) is 12.1 Å². The van der Waals surface area contributed by atoms with E-state index in [9.17, 15) is 18.4 Å². The number of hydrogen-bond donors (Lipinski definition) is 1. The number of hydrogen-bond acceptors (Lipinski definition) is 8. The summed E-state index contributed by atoms with van der Waals surface area (Å²) in [5.41, 5.74) is 2.05. The zero-order valence-corrected chi connectivity index (χ0v) is 22.0. The van der Waals surface area contributed by atoms with Gasteiger partial charge in [-0.25, -0.2) is 9.67 Å². The molecule has 5 heterocycles. The Bertz CT molecular complexity index is 1490. The van der Waals surface area contributed by atoms with Crippen molar-refractivity contribution in [1.82, 2.24) is 34.7 Å². The SMILES string of the molecule is COCC(Oc1cc(-c2nnn(C3CCNCC3)c2C)cc2ncc(C#N)n12)c1cncc(C(F)(F)F)c1.Cl. The Balaban J connectivity index is 0.00000353. The monoisotopic (exact) mass is 562 g/mol. The number of methoxy groups -OCH3 is 1. The average Bonchev–Trinajstić information content (AvgIpc) is 3.51. The van der Waals surface area contributed by atoms with E-state index in [0.717, 1.165) is 43.9 Å². The third-order valence-electron chi connectivity index (χ3n) is 6.58. The first-order valence-electron chi connectivity index (χ1n) is 12.0. The molecule has 0 saturated carbocycles. The highest BCUT2D eigenvalue weighted by molar-refractivity contribution is 5.85. The fraction of sp³-hybridized carbons (Fsp3) is 0.400. The van der Waals surface area contributed by atoms with Gasteiger partial charge in [0.1, 0.15) is 23.1 Å². The molecule has 0 aromatic carbocycles. The minimum absolute atomic E-state index is 0. The first kappa shape index (κ1) is 28.3. The maximum absolute atomic E-state index is 13.3. The molecule has 1 fully saturated rings. The number of aromatic nitrogens is 6. The highest BCUT2D eigenvalue weighted by Gasteiger charge is 2.32. The summed E-state index contributed by atoms with van der Waals surface area (Å²) in [6.45, 7) is 3.69. The van der Waals surface area contributed by atoms with Gasteiger partial charge in [0.15, 0.2) is 6.10 Å². The lowest BCUT2D eigenvalue weighted by Crippen LogP contribution is -2.30. The van der Waals surface area contributed by atoms with Crippen molar-refractivity contribution < 1.29 is 22.6 Å². The average molecular weight is 563 g/mol. The van der Waals surface area contributed by atoms with Crippen LogP contribution in [0, 0.1) is 18.3 Å². The van der Waals surface area contributed by atoms with Gasteiger partial charge in [-0.3, -0.25) is 9.38 Å². The van der Waals surface area contributed by atoms with E-state index in [2.05, 4.69) is 31.7 Å². The number of imidazole rings is 1. The lowest BCUT2D eigenvalue weighted by molar-refractivity contribution is -0.137. The van der Waals surface area contributed by atoms with Crippen LogP contribution >= 0.6 is 12.4 Å². The van der Waals surface area contributed by atoms with Crippen LogP contribution in [0.25, 0.3) is 16.9 Å². The van der Waals surface area contributed by atoms with E-state index < -0.39 is 17.8 Å². The number of ether oxygens (including phenoxy) is 2. The predicted molar refractivity (Wildman–Crippen MR) is 137 cm³/mol. The van der Waals surface area contributed by atoms with Crippen LogP contribution in [0.3, 0.4) is 0 Å². The summed E-state index contributed by atoms with van der Waals surface area (Å²) in [6.07, 6.45) is -0.183. The number of nitriles is 1. The van der Waals surface area contributed by atoms with Crippen LogP contribution in [0.2, 0.25) is 0 Å². The number of nitrogens with one attached hydrogen (secondary N) is 1. The highest BCUT2D eigenvalue weighted by Crippen LogP contribution is 2.34. The van der Waals surface area contributed by atoms with Gasteiger partial charge in [-0.1, -0.05) is 5.21 Å². The standard InChI is InChI=1S/C25H25F3N8O2.ClH/c1-15-24(33-34-36(15)19-3-5-30-6-4-19)16-8-22-32-13-20(10-29)35(22)23(9-16)38-21(14-37-2)17-7-18(12-31-11-17)25(26,27)28;/h7-9,11-13,19,21,30H,3-6,14H2,1-2H3;1H. The predicted octanol–water partition coefficient (Wildman–Crippen LogP) is 4.30. The van der Waals surface area contributed by atoms with Crippen molar-refractivity contribution >= 4 is 18.1 Å². The van der Waals surface area contributed by atoms with Crippen molar-refractivity contribution in [2.75, 3.05) is 26.8 Å². The molecule has 4 aromatic rings. The van der Waals surface area contributed by atoms with Gasteiger partial charge in [0.2, 0.25) is 5.88 Å². The lowest BCUT2D eigenvalue weighted by Gasteiger charge is -2.23. The third-order valence-corrected chi connectivity index (χ3v) is 6.58. The molecule has 1 unspecified atom stereocenters. The van der Waals surface area contributed by atoms with Crippen molar-refractivity contribution in [3.63, 3.8) is 0 Å². The number of nitrogens with zero attached hydrogens (tertiary/aromatic N) is 7. The maximum atomic E-state index is 13.3. The molecule has 0 spiro atoms. The largest absolute Gasteiger partial charge is 0.468 e. The molecule has 4 aromatic heterocycles.